The van der Waals surface area contributed by atoms with Crippen LogP contribution in [0.25, 0.3) is 0 Å². The number of aryl methyl sites for hydroxylation is 1. The molecular formula is C41H55N5O7. The summed E-state index contributed by atoms with van der Waals surface area (Å²) >= 11 is 0. The first-order valence-electron chi connectivity index (χ1n) is 18.6. The third-order valence-corrected chi connectivity index (χ3v) is 9.51. The van der Waals surface area contributed by atoms with E-state index < -0.39 is 53.2 Å². The molecule has 0 bridgehead atoms. The summed E-state index contributed by atoms with van der Waals surface area (Å²) in [6.07, 6.45) is 3.05. The third-order valence-electron chi connectivity index (χ3n) is 9.51. The molecule has 1 aliphatic rings. The van der Waals surface area contributed by atoms with Crippen molar-refractivity contribution in [3.63, 3.8) is 0 Å². The van der Waals surface area contributed by atoms with Crippen LogP contribution in [0, 0.1) is 17.3 Å². The number of carbonyl (C=O) groups excluding carboxylic acids is 5. The summed E-state index contributed by atoms with van der Waals surface area (Å²) in [7, 11) is 0. The number of rotatable bonds is 21. The van der Waals surface area contributed by atoms with Gasteiger partial charge in [0.2, 0.25) is 23.6 Å². The molecule has 1 aromatic heterocycles. The number of nitrogens with one attached hydrogen (secondary N) is 4. The van der Waals surface area contributed by atoms with Crippen molar-refractivity contribution in [1.82, 2.24) is 26.4 Å². The molecule has 2 aromatic carbocycles. The summed E-state index contributed by atoms with van der Waals surface area (Å²) in [5, 5.41) is 24.6. The lowest BCUT2D eigenvalue weighted by Crippen LogP contribution is -2.58. The molecule has 3 aromatic rings. The van der Waals surface area contributed by atoms with Crippen molar-refractivity contribution in [2.24, 2.45) is 17.3 Å². The number of hydrogen-bond donors (Lipinski definition) is 5. The van der Waals surface area contributed by atoms with E-state index in [1.54, 1.807) is 0 Å². The first-order chi connectivity index (χ1) is 25.3. The molecule has 5 N–H and O–H groups in total. The number of carbonyl (C=O) groups is 5. The lowest BCUT2D eigenvalue weighted by Gasteiger charge is -2.28. The van der Waals surface area contributed by atoms with Crippen molar-refractivity contribution in [1.29, 1.82) is 0 Å². The van der Waals surface area contributed by atoms with Crippen LogP contribution >= 0.6 is 0 Å². The van der Waals surface area contributed by atoms with Crippen molar-refractivity contribution in [3.8, 4) is 0 Å². The quantitative estimate of drug-likeness (QED) is 0.109. The smallest absolute Gasteiger partial charge is 0.243 e. The first kappa shape index (κ1) is 40.9. The Kier molecular flexibility index (Phi) is 14.9. The number of aliphatic hydroxyl groups excluding tert-OH is 1. The van der Waals surface area contributed by atoms with Crippen molar-refractivity contribution < 1.29 is 33.6 Å². The van der Waals surface area contributed by atoms with Gasteiger partial charge in [0.1, 0.15) is 24.7 Å². The van der Waals surface area contributed by atoms with Crippen LogP contribution in [0.3, 0.4) is 0 Å². The summed E-state index contributed by atoms with van der Waals surface area (Å²) in [4.78, 5) is 68.6. The van der Waals surface area contributed by atoms with Crippen LogP contribution < -0.4 is 21.3 Å². The van der Waals surface area contributed by atoms with Crippen LogP contribution in [0.2, 0.25) is 0 Å². The minimum atomic E-state index is -1.02. The second-order valence-corrected chi connectivity index (χ2v) is 15.3. The van der Waals surface area contributed by atoms with Crippen molar-refractivity contribution >= 4 is 29.4 Å². The van der Waals surface area contributed by atoms with Crippen molar-refractivity contribution in [2.45, 2.75) is 117 Å². The van der Waals surface area contributed by atoms with E-state index in [-0.39, 0.29) is 55.7 Å². The zero-order valence-electron chi connectivity index (χ0n) is 31.5. The number of ketones is 1. The van der Waals surface area contributed by atoms with Gasteiger partial charge in [0.25, 0.3) is 0 Å². The molecule has 53 heavy (non-hydrogen) atoms. The van der Waals surface area contributed by atoms with Gasteiger partial charge in [-0.2, -0.15) is 0 Å². The van der Waals surface area contributed by atoms with Crippen molar-refractivity contribution in [3.05, 3.63) is 89.3 Å². The van der Waals surface area contributed by atoms with Crippen LogP contribution in [0.5, 0.6) is 0 Å². The average molecular weight is 730 g/mol. The largest absolute Gasteiger partial charge is 0.388 e. The van der Waals surface area contributed by atoms with Gasteiger partial charge in [-0.15, -0.1) is 0 Å². The highest BCUT2D eigenvalue weighted by molar-refractivity contribution is 5.97. The Morgan fingerprint density at radius 1 is 0.736 bits per heavy atom. The SMILES string of the molecule is CC(C)CC(NC(=O)C(CCc1ccccc1)NC(=O)Cc1cc(CO)on1)C(=O)NC(Cc1ccccc1)C(=O)NC(CC(C)C)C(=O)C1(C)CC1. The summed E-state index contributed by atoms with van der Waals surface area (Å²) in [5.74, 6) is -1.67. The molecule has 4 rings (SSSR count). The maximum absolute atomic E-state index is 14.1. The fourth-order valence-corrected chi connectivity index (χ4v) is 6.28. The molecule has 0 radical (unpaired) electrons. The Morgan fingerprint density at radius 3 is 1.83 bits per heavy atom. The molecule has 4 amide bonds. The average Bonchev–Trinajstić information content (AvgIpc) is 3.72. The predicted octanol–water partition coefficient (Wildman–Crippen LogP) is 3.99. The Bertz CT molecular complexity index is 1670. The molecule has 1 aliphatic carbocycles. The van der Waals surface area contributed by atoms with E-state index in [0.29, 0.717) is 18.5 Å². The van der Waals surface area contributed by atoms with Crippen LogP contribution in [-0.4, -0.2) is 63.8 Å². The van der Waals surface area contributed by atoms with Gasteiger partial charge in [0.05, 0.1) is 18.2 Å². The lowest BCUT2D eigenvalue weighted by molar-refractivity contribution is -0.135. The molecular weight excluding hydrogens is 674 g/mol. The minimum Gasteiger partial charge on any atom is -0.388 e. The van der Waals surface area contributed by atoms with Gasteiger partial charge >= 0.3 is 0 Å². The topological polar surface area (TPSA) is 180 Å². The van der Waals surface area contributed by atoms with Crippen LogP contribution in [0.15, 0.2) is 71.3 Å². The summed E-state index contributed by atoms with van der Waals surface area (Å²) in [5.41, 5.74) is 1.65. The number of Topliss-reactive ketones (excluding diaryl/α,β-unsaturated/α-hetero) is 1. The zero-order chi connectivity index (χ0) is 38.5. The normalized spacial score (nSPS) is 15.5. The van der Waals surface area contributed by atoms with Crippen LogP contribution in [0.1, 0.15) is 89.3 Å². The molecule has 12 heteroatoms. The second kappa shape index (κ2) is 19.3. The van der Waals surface area contributed by atoms with Gasteiger partial charge in [-0.3, -0.25) is 24.0 Å². The number of amides is 4. The van der Waals surface area contributed by atoms with E-state index in [1.807, 2.05) is 95.3 Å². The molecule has 286 valence electrons. The predicted molar refractivity (Wildman–Crippen MR) is 200 cm³/mol. The second-order valence-electron chi connectivity index (χ2n) is 15.3. The molecule has 0 saturated heterocycles. The highest BCUT2D eigenvalue weighted by Gasteiger charge is 2.48. The Hall–Kier alpha value is -4.84. The molecule has 1 saturated carbocycles. The van der Waals surface area contributed by atoms with Crippen LogP contribution in [-0.2, 0) is 49.8 Å². The van der Waals surface area contributed by atoms with Crippen molar-refractivity contribution in [2.75, 3.05) is 0 Å². The zero-order valence-corrected chi connectivity index (χ0v) is 31.5. The molecule has 4 unspecified atom stereocenters. The molecule has 0 aliphatic heterocycles. The fourth-order valence-electron chi connectivity index (χ4n) is 6.28. The molecule has 1 fully saturated rings. The number of aromatic nitrogens is 1. The van der Waals surface area contributed by atoms with Crippen LogP contribution in [0.4, 0.5) is 0 Å². The summed E-state index contributed by atoms with van der Waals surface area (Å²) in [6.45, 7) is 9.42. The third kappa shape index (κ3) is 13.0. The number of nitrogens with zero attached hydrogens (tertiary/aromatic N) is 1. The summed E-state index contributed by atoms with van der Waals surface area (Å²) < 4.78 is 4.99. The monoisotopic (exact) mass is 729 g/mol. The maximum atomic E-state index is 14.1. The van der Waals surface area contributed by atoms with E-state index >= 15 is 0 Å². The van der Waals surface area contributed by atoms with E-state index in [0.717, 1.165) is 24.0 Å². The highest BCUT2D eigenvalue weighted by atomic mass is 16.5. The Morgan fingerprint density at radius 2 is 1.26 bits per heavy atom. The van der Waals surface area contributed by atoms with E-state index in [9.17, 15) is 29.1 Å². The molecule has 1 heterocycles. The van der Waals surface area contributed by atoms with E-state index in [1.165, 1.54) is 6.07 Å². The van der Waals surface area contributed by atoms with Gasteiger partial charge in [-0.05, 0) is 61.5 Å². The van der Waals surface area contributed by atoms with E-state index in [4.69, 9.17) is 4.52 Å². The Balaban J connectivity index is 1.53. The number of aliphatic hydroxyl groups is 1. The molecule has 4 atom stereocenters. The maximum Gasteiger partial charge on any atom is 0.243 e. The number of hydrogen-bond acceptors (Lipinski definition) is 8. The van der Waals surface area contributed by atoms with Gasteiger partial charge in [0.15, 0.2) is 11.5 Å². The lowest BCUT2D eigenvalue weighted by atomic mass is 9.91. The molecule has 0 spiro atoms. The van der Waals surface area contributed by atoms with Gasteiger partial charge in [-0.1, -0.05) is 100 Å². The van der Waals surface area contributed by atoms with Gasteiger partial charge < -0.3 is 30.9 Å². The number of benzene rings is 2. The molecule has 12 nitrogen and oxygen atoms in total. The first-order valence-corrected chi connectivity index (χ1v) is 18.6. The highest BCUT2D eigenvalue weighted by Crippen LogP contribution is 2.47. The van der Waals surface area contributed by atoms with Gasteiger partial charge in [0, 0.05) is 17.9 Å². The van der Waals surface area contributed by atoms with Gasteiger partial charge in [-0.25, -0.2) is 0 Å². The summed E-state index contributed by atoms with van der Waals surface area (Å²) in [6, 6.07) is 16.6. The minimum absolute atomic E-state index is 0.00924. The van der Waals surface area contributed by atoms with E-state index in [2.05, 4.69) is 26.4 Å². The standard InChI is InChI=1S/C41H55N5O7/c1-26(2)20-33(37(49)41(5)18-19-41)43-40(52)35(22-29-14-10-7-11-15-29)45-39(51)34(21-27(3)4)44-38(50)32(17-16-28-12-8-6-9-13-28)42-36(48)24-30-23-31(25-47)53-46-30/h6-15,23,26-27,32-35,47H,16-22,24-25H2,1-5H3,(H,42,48)(H,43,52)(H,44,50)(H,45,51). The Labute approximate surface area is 312 Å². The fraction of sp³-hybridized carbons (Fsp3) is 0.512.